The SMILES string of the molecule is O=C(CCNC(=O)OCC1c2ccccc2-c2ccccc21)Nc1cc(C(=O)O)ccc1Cl. The standard InChI is InChI=1S/C25H21ClN2O5/c26-21-10-9-15(24(30)31)13-22(21)28-23(29)11-12-27-25(32)33-14-20-18-7-3-1-5-16(18)17-6-2-4-8-19(17)20/h1-10,13,20H,11-12,14H2,(H,27,32)(H,28,29)(H,30,31). The maximum Gasteiger partial charge on any atom is 0.407 e. The monoisotopic (exact) mass is 464 g/mol. The number of halogens is 1. The van der Waals surface area contributed by atoms with E-state index in [1.807, 2.05) is 36.4 Å². The summed E-state index contributed by atoms with van der Waals surface area (Å²) in [4.78, 5) is 35.4. The number of amides is 2. The number of nitrogens with one attached hydrogen (secondary N) is 2. The number of carbonyl (C=O) groups excluding carboxylic acids is 2. The molecular formula is C25H21ClN2O5. The summed E-state index contributed by atoms with van der Waals surface area (Å²) in [7, 11) is 0. The van der Waals surface area contributed by atoms with Gasteiger partial charge in [0.1, 0.15) is 6.61 Å². The Kier molecular flexibility index (Phi) is 6.60. The van der Waals surface area contributed by atoms with Crippen molar-refractivity contribution in [2.45, 2.75) is 12.3 Å². The Balaban J connectivity index is 1.27. The fraction of sp³-hybridized carbons (Fsp3) is 0.160. The summed E-state index contributed by atoms with van der Waals surface area (Å²) < 4.78 is 5.43. The molecule has 0 spiro atoms. The second-order valence-electron chi connectivity index (χ2n) is 7.55. The Morgan fingerprint density at radius 1 is 0.939 bits per heavy atom. The number of alkyl carbamates (subject to hydrolysis) is 1. The van der Waals surface area contributed by atoms with Crippen LogP contribution in [0.25, 0.3) is 11.1 Å². The normalized spacial score (nSPS) is 11.9. The molecule has 0 aromatic heterocycles. The van der Waals surface area contributed by atoms with Gasteiger partial charge in [-0.2, -0.15) is 0 Å². The van der Waals surface area contributed by atoms with Gasteiger partial charge in [0.05, 0.1) is 16.3 Å². The molecule has 0 fully saturated rings. The van der Waals surface area contributed by atoms with Crippen LogP contribution < -0.4 is 10.6 Å². The van der Waals surface area contributed by atoms with Gasteiger partial charge in [-0.15, -0.1) is 0 Å². The van der Waals surface area contributed by atoms with Crippen LogP contribution in [0.1, 0.15) is 33.8 Å². The molecule has 0 saturated heterocycles. The largest absolute Gasteiger partial charge is 0.478 e. The number of rotatable bonds is 7. The van der Waals surface area contributed by atoms with Crippen LogP contribution in [0, 0.1) is 0 Å². The summed E-state index contributed by atoms with van der Waals surface area (Å²) in [6.07, 6.45) is -0.645. The Hall–Kier alpha value is -3.84. The van der Waals surface area contributed by atoms with Gasteiger partial charge < -0.3 is 20.5 Å². The van der Waals surface area contributed by atoms with Crippen LogP contribution in [-0.4, -0.2) is 36.2 Å². The number of ether oxygens (including phenoxy) is 1. The summed E-state index contributed by atoms with van der Waals surface area (Å²) in [5.41, 5.74) is 4.72. The summed E-state index contributed by atoms with van der Waals surface area (Å²) in [6, 6.07) is 20.1. The van der Waals surface area contributed by atoms with Crippen molar-refractivity contribution in [3.63, 3.8) is 0 Å². The fourth-order valence-electron chi connectivity index (χ4n) is 3.89. The van der Waals surface area contributed by atoms with E-state index in [-0.39, 0.29) is 41.8 Å². The molecule has 0 saturated carbocycles. The van der Waals surface area contributed by atoms with Crippen molar-refractivity contribution >= 4 is 35.3 Å². The lowest BCUT2D eigenvalue weighted by atomic mass is 9.98. The number of carboxylic acid groups (broad SMARTS) is 1. The van der Waals surface area contributed by atoms with E-state index >= 15 is 0 Å². The van der Waals surface area contributed by atoms with E-state index in [2.05, 4.69) is 22.8 Å². The fourth-order valence-corrected chi connectivity index (χ4v) is 4.06. The summed E-state index contributed by atoms with van der Waals surface area (Å²) in [6.45, 7) is 0.238. The highest BCUT2D eigenvalue weighted by molar-refractivity contribution is 6.33. The van der Waals surface area contributed by atoms with Crippen LogP contribution in [0.3, 0.4) is 0 Å². The number of anilines is 1. The topological polar surface area (TPSA) is 105 Å². The minimum absolute atomic E-state index is 0.00598. The Morgan fingerprint density at radius 2 is 1.58 bits per heavy atom. The number of aromatic carboxylic acids is 1. The van der Waals surface area contributed by atoms with Gasteiger partial charge in [-0.3, -0.25) is 4.79 Å². The van der Waals surface area contributed by atoms with Crippen LogP contribution in [0.2, 0.25) is 5.02 Å². The van der Waals surface area contributed by atoms with Crippen LogP contribution in [0.5, 0.6) is 0 Å². The van der Waals surface area contributed by atoms with Crippen molar-refractivity contribution in [2.24, 2.45) is 0 Å². The third-order valence-corrected chi connectivity index (χ3v) is 5.78. The molecule has 0 bridgehead atoms. The van der Waals surface area contributed by atoms with Crippen molar-refractivity contribution in [3.05, 3.63) is 88.4 Å². The first-order valence-electron chi connectivity index (χ1n) is 10.4. The van der Waals surface area contributed by atoms with Gasteiger partial charge in [-0.25, -0.2) is 9.59 Å². The van der Waals surface area contributed by atoms with Gasteiger partial charge in [0.25, 0.3) is 0 Å². The van der Waals surface area contributed by atoms with Crippen molar-refractivity contribution in [1.29, 1.82) is 0 Å². The smallest absolute Gasteiger partial charge is 0.407 e. The predicted molar refractivity (Wildman–Crippen MR) is 125 cm³/mol. The molecule has 8 heteroatoms. The van der Waals surface area contributed by atoms with Gasteiger partial charge in [0.2, 0.25) is 5.91 Å². The van der Waals surface area contributed by atoms with Crippen LogP contribution >= 0.6 is 11.6 Å². The highest BCUT2D eigenvalue weighted by Gasteiger charge is 2.28. The highest BCUT2D eigenvalue weighted by atomic mass is 35.5. The number of benzene rings is 3. The molecule has 3 aromatic rings. The van der Waals surface area contributed by atoms with Gasteiger partial charge >= 0.3 is 12.1 Å². The third kappa shape index (κ3) is 4.99. The molecule has 0 heterocycles. The Bertz CT molecular complexity index is 1180. The van der Waals surface area contributed by atoms with E-state index in [0.717, 1.165) is 22.3 Å². The number of hydrogen-bond acceptors (Lipinski definition) is 4. The number of carboxylic acids is 1. The van der Waals surface area contributed by atoms with E-state index in [1.165, 1.54) is 18.2 Å². The molecular weight excluding hydrogens is 444 g/mol. The van der Waals surface area contributed by atoms with Gasteiger partial charge in [0, 0.05) is 18.9 Å². The van der Waals surface area contributed by atoms with Crippen molar-refractivity contribution in [2.75, 3.05) is 18.5 Å². The zero-order chi connectivity index (χ0) is 23.4. The Labute approximate surface area is 195 Å². The summed E-state index contributed by atoms with van der Waals surface area (Å²) in [5.74, 6) is -1.59. The van der Waals surface area contributed by atoms with Crippen molar-refractivity contribution in [1.82, 2.24) is 5.32 Å². The molecule has 0 atom stereocenters. The molecule has 7 nitrogen and oxygen atoms in total. The molecule has 3 N–H and O–H groups in total. The number of fused-ring (bicyclic) bond motifs is 3. The molecule has 0 aliphatic heterocycles. The second-order valence-corrected chi connectivity index (χ2v) is 7.96. The molecule has 1 aliphatic carbocycles. The van der Waals surface area contributed by atoms with Gasteiger partial charge in [-0.1, -0.05) is 60.1 Å². The molecule has 168 valence electrons. The lowest BCUT2D eigenvalue weighted by Crippen LogP contribution is -2.29. The maximum absolute atomic E-state index is 12.2. The van der Waals surface area contributed by atoms with Crippen LogP contribution in [0.15, 0.2) is 66.7 Å². The average Bonchev–Trinajstić information content (AvgIpc) is 3.13. The van der Waals surface area contributed by atoms with E-state index in [9.17, 15) is 14.4 Å². The minimum atomic E-state index is -1.13. The second kappa shape index (κ2) is 9.75. The van der Waals surface area contributed by atoms with E-state index in [0.29, 0.717) is 0 Å². The van der Waals surface area contributed by atoms with E-state index in [4.69, 9.17) is 21.4 Å². The highest BCUT2D eigenvalue weighted by Crippen LogP contribution is 2.44. The predicted octanol–water partition coefficient (Wildman–Crippen LogP) is 4.91. The lowest BCUT2D eigenvalue weighted by Gasteiger charge is -2.14. The third-order valence-electron chi connectivity index (χ3n) is 5.45. The molecule has 0 radical (unpaired) electrons. The molecule has 4 rings (SSSR count). The molecule has 33 heavy (non-hydrogen) atoms. The summed E-state index contributed by atoms with van der Waals surface area (Å²) in [5, 5.41) is 14.4. The first kappa shape index (κ1) is 22.4. The summed E-state index contributed by atoms with van der Waals surface area (Å²) >= 11 is 6.01. The molecule has 1 aliphatic rings. The maximum atomic E-state index is 12.2. The zero-order valence-corrected chi connectivity index (χ0v) is 18.3. The number of hydrogen-bond donors (Lipinski definition) is 3. The van der Waals surface area contributed by atoms with Crippen LogP contribution in [0.4, 0.5) is 10.5 Å². The van der Waals surface area contributed by atoms with Gasteiger partial charge in [0.15, 0.2) is 0 Å². The number of carbonyl (C=O) groups is 3. The average molecular weight is 465 g/mol. The quantitative estimate of drug-likeness (QED) is 0.461. The van der Waals surface area contributed by atoms with E-state index < -0.39 is 18.0 Å². The van der Waals surface area contributed by atoms with Crippen molar-refractivity contribution < 1.29 is 24.2 Å². The minimum Gasteiger partial charge on any atom is -0.478 e. The Morgan fingerprint density at radius 3 is 2.21 bits per heavy atom. The zero-order valence-electron chi connectivity index (χ0n) is 17.5. The van der Waals surface area contributed by atoms with E-state index in [1.54, 1.807) is 0 Å². The molecule has 2 amide bonds. The first-order valence-corrected chi connectivity index (χ1v) is 10.7. The lowest BCUT2D eigenvalue weighted by molar-refractivity contribution is -0.116. The molecule has 3 aromatic carbocycles. The van der Waals surface area contributed by atoms with Crippen molar-refractivity contribution in [3.8, 4) is 11.1 Å². The van der Waals surface area contributed by atoms with Crippen LogP contribution in [-0.2, 0) is 9.53 Å². The first-order chi connectivity index (χ1) is 15.9. The van der Waals surface area contributed by atoms with Gasteiger partial charge in [-0.05, 0) is 40.5 Å². The molecule has 0 unspecified atom stereocenters.